The Kier molecular flexibility index (Phi) is 4.06. The van der Waals surface area contributed by atoms with E-state index in [2.05, 4.69) is 24.9 Å². The van der Waals surface area contributed by atoms with Crippen molar-refractivity contribution in [2.75, 3.05) is 18.5 Å². The second-order valence-electron chi connectivity index (χ2n) is 5.18. The van der Waals surface area contributed by atoms with Gasteiger partial charge >= 0.3 is 0 Å². The number of nitrogens with zero attached hydrogens (tertiary/aromatic N) is 4. The number of ether oxygens (including phenoxy) is 1. The molecule has 0 aromatic carbocycles. The molecule has 2 aromatic rings. The summed E-state index contributed by atoms with van der Waals surface area (Å²) in [7, 11) is 0. The van der Waals surface area contributed by atoms with Crippen LogP contribution in [0.2, 0.25) is 0 Å². The zero-order chi connectivity index (χ0) is 14.1. The van der Waals surface area contributed by atoms with Gasteiger partial charge in [0.1, 0.15) is 5.82 Å². The molecule has 0 radical (unpaired) electrons. The number of rotatable bonds is 6. The van der Waals surface area contributed by atoms with E-state index in [4.69, 9.17) is 4.74 Å². The van der Waals surface area contributed by atoms with Gasteiger partial charge in [0.15, 0.2) is 8.68 Å². The highest BCUT2D eigenvalue weighted by molar-refractivity contribution is 8.02. The van der Waals surface area contributed by atoms with Crippen molar-refractivity contribution in [3.8, 4) is 0 Å². The van der Waals surface area contributed by atoms with Gasteiger partial charge in [-0.2, -0.15) is 4.37 Å². The fourth-order valence-corrected chi connectivity index (χ4v) is 4.82. The molecule has 1 aliphatic carbocycles. The van der Waals surface area contributed by atoms with Gasteiger partial charge in [0.25, 0.3) is 0 Å². The van der Waals surface area contributed by atoms with Gasteiger partial charge in [-0.1, -0.05) is 11.3 Å². The first-order chi connectivity index (χ1) is 10.4. The molecule has 0 amide bonds. The molecule has 1 atom stereocenters. The van der Waals surface area contributed by atoms with Crippen molar-refractivity contribution < 1.29 is 4.74 Å². The molecule has 1 unspecified atom stereocenters. The van der Waals surface area contributed by atoms with Crippen molar-refractivity contribution >= 4 is 39.8 Å². The molecule has 112 valence electrons. The van der Waals surface area contributed by atoms with Crippen LogP contribution in [0.4, 0.5) is 5.13 Å². The fourth-order valence-electron chi connectivity index (χ4n) is 2.17. The summed E-state index contributed by atoms with van der Waals surface area (Å²) < 4.78 is 11.8. The van der Waals surface area contributed by atoms with Gasteiger partial charge in [-0.25, -0.2) is 4.98 Å². The Balaban J connectivity index is 1.32. The Morgan fingerprint density at radius 1 is 1.24 bits per heavy atom. The first-order valence-corrected chi connectivity index (χ1v) is 9.48. The van der Waals surface area contributed by atoms with Crippen LogP contribution in [0, 0.1) is 0 Å². The molecule has 0 spiro atoms. The zero-order valence-corrected chi connectivity index (χ0v) is 13.8. The molecule has 2 aromatic heterocycles. The number of aromatic nitrogens is 4. The van der Waals surface area contributed by atoms with Crippen molar-refractivity contribution in [2.24, 2.45) is 0 Å². The predicted octanol–water partition coefficient (Wildman–Crippen LogP) is 3.01. The molecule has 2 aliphatic rings. The summed E-state index contributed by atoms with van der Waals surface area (Å²) in [4.78, 5) is 4.55. The van der Waals surface area contributed by atoms with E-state index in [9.17, 15) is 0 Å². The summed E-state index contributed by atoms with van der Waals surface area (Å²) in [5, 5.41) is 12.5. The van der Waals surface area contributed by atoms with Crippen molar-refractivity contribution in [3.63, 3.8) is 0 Å². The van der Waals surface area contributed by atoms with Crippen molar-refractivity contribution in [3.05, 3.63) is 5.82 Å². The summed E-state index contributed by atoms with van der Waals surface area (Å²) in [6.07, 6.45) is 5.06. The molecular weight excluding hydrogens is 326 g/mol. The normalized spacial score (nSPS) is 21.8. The van der Waals surface area contributed by atoms with E-state index in [1.54, 1.807) is 23.1 Å². The molecule has 1 aliphatic heterocycles. The summed E-state index contributed by atoms with van der Waals surface area (Å²) >= 11 is 4.56. The average molecular weight is 341 g/mol. The van der Waals surface area contributed by atoms with Gasteiger partial charge in [-0.15, -0.1) is 10.2 Å². The van der Waals surface area contributed by atoms with E-state index in [1.165, 1.54) is 24.4 Å². The van der Waals surface area contributed by atoms with Gasteiger partial charge in [0, 0.05) is 19.1 Å². The van der Waals surface area contributed by atoms with Gasteiger partial charge in [0.2, 0.25) is 5.13 Å². The van der Waals surface area contributed by atoms with Crippen LogP contribution in [0.25, 0.3) is 0 Å². The van der Waals surface area contributed by atoms with Gasteiger partial charge in [0.05, 0.1) is 6.10 Å². The fraction of sp³-hybridized carbons (Fsp3) is 0.667. The van der Waals surface area contributed by atoms with Gasteiger partial charge in [-0.3, -0.25) is 0 Å². The quantitative estimate of drug-likeness (QED) is 0.866. The lowest BCUT2D eigenvalue weighted by atomic mass is 10.2. The molecule has 2 fully saturated rings. The molecule has 0 bridgehead atoms. The highest BCUT2D eigenvalue weighted by atomic mass is 32.2. The largest absolute Gasteiger partial charge is 0.376 e. The molecule has 1 saturated carbocycles. The summed E-state index contributed by atoms with van der Waals surface area (Å²) in [5.74, 6) is 1.61. The Hall–Kier alpha value is -0.770. The number of anilines is 1. The van der Waals surface area contributed by atoms with E-state index in [-0.39, 0.29) is 0 Å². The topological polar surface area (TPSA) is 72.8 Å². The maximum Gasteiger partial charge on any atom is 0.206 e. The van der Waals surface area contributed by atoms with E-state index >= 15 is 0 Å². The van der Waals surface area contributed by atoms with Crippen molar-refractivity contribution in [1.29, 1.82) is 0 Å². The van der Waals surface area contributed by atoms with E-state index in [0.29, 0.717) is 12.0 Å². The molecule has 6 nitrogen and oxygen atoms in total. The number of hydrogen-bond acceptors (Lipinski definition) is 9. The first-order valence-electron chi connectivity index (χ1n) is 7.07. The monoisotopic (exact) mass is 341 g/mol. The van der Waals surface area contributed by atoms with Crippen LogP contribution in [-0.4, -0.2) is 38.8 Å². The van der Waals surface area contributed by atoms with Crippen molar-refractivity contribution in [1.82, 2.24) is 19.6 Å². The first kappa shape index (κ1) is 13.9. The minimum Gasteiger partial charge on any atom is -0.376 e. The summed E-state index contributed by atoms with van der Waals surface area (Å²) in [6.45, 7) is 1.69. The van der Waals surface area contributed by atoms with Gasteiger partial charge in [-0.05, 0) is 49.0 Å². The third-order valence-corrected chi connectivity index (χ3v) is 6.15. The lowest BCUT2D eigenvalue weighted by molar-refractivity contribution is 0.120. The van der Waals surface area contributed by atoms with Crippen LogP contribution < -0.4 is 5.32 Å². The highest BCUT2D eigenvalue weighted by Gasteiger charge is 2.28. The number of nitrogens with one attached hydrogen (secondary N) is 1. The molecule has 3 heterocycles. The van der Waals surface area contributed by atoms with Crippen molar-refractivity contribution in [2.45, 2.75) is 46.4 Å². The Morgan fingerprint density at radius 3 is 3.00 bits per heavy atom. The molecular formula is C12H15N5OS3. The maximum absolute atomic E-state index is 5.58. The summed E-state index contributed by atoms with van der Waals surface area (Å²) in [5.41, 5.74) is 0. The zero-order valence-electron chi connectivity index (χ0n) is 11.3. The Morgan fingerprint density at radius 2 is 2.19 bits per heavy atom. The molecule has 1 saturated heterocycles. The van der Waals surface area contributed by atoms with Crippen LogP contribution in [0.3, 0.4) is 0 Å². The van der Waals surface area contributed by atoms with Crippen LogP contribution in [-0.2, 0) is 4.74 Å². The minimum atomic E-state index is 0.314. The summed E-state index contributed by atoms with van der Waals surface area (Å²) in [6, 6.07) is 0. The highest BCUT2D eigenvalue weighted by Crippen LogP contribution is 2.41. The van der Waals surface area contributed by atoms with Crippen LogP contribution >= 0.6 is 34.6 Å². The van der Waals surface area contributed by atoms with Crippen LogP contribution in [0.5, 0.6) is 0 Å². The number of hydrogen-bond donors (Lipinski definition) is 1. The molecule has 9 heteroatoms. The van der Waals surface area contributed by atoms with Crippen LogP contribution in [0.1, 0.15) is 37.4 Å². The predicted molar refractivity (Wildman–Crippen MR) is 83.4 cm³/mol. The van der Waals surface area contributed by atoms with Gasteiger partial charge < -0.3 is 10.1 Å². The smallest absolute Gasteiger partial charge is 0.206 e. The maximum atomic E-state index is 5.58. The third kappa shape index (κ3) is 3.53. The molecule has 1 N–H and O–H groups in total. The molecule has 21 heavy (non-hydrogen) atoms. The standard InChI is InChI=1S/C12H15N5OS3/c1-2-8(18-5-1)6-13-10-15-16-12(19-10)20-11-14-9(17-21-11)7-3-4-7/h7-8H,1-6H2,(H,13,15). The molecule has 4 rings (SSSR count). The Labute approximate surface area is 134 Å². The van der Waals surface area contributed by atoms with E-state index in [0.717, 1.165) is 45.6 Å². The average Bonchev–Trinajstić information content (AvgIpc) is 2.94. The lowest BCUT2D eigenvalue weighted by Gasteiger charge is -2.08. The van der Waals surface area contributed by atoms with E-state index < -0.39 is 0 Å². The third-order valence-electron chi connectivity index (χ3n) is 3.45. The Bertz CT molecular complexity index is 606. The lowest BCUT2D eigenvalue weighted by Crippen LogP contribution is -2.18. The van der Waals surface area contributed by atoms with Crippen LogP contribution in [0.15, 0.2) is 8.68 Å². The second kappa shape index (κ2) is 6.15. The second-order valence-corrected chi connectivity index (χ2v) is 8.41. The minimum absolute atomic E-state index is 0.314. The van der Waals surface area contributed by atoms with E-state index in [1.807, 2.05) is 0 Å². The SMILES string of the molecule is C1COC(CNc2nnc(Sc3nc(C4CC4)ns3)s2)C1.